The van der Waals surface area contributed by atoms with Crippen LogP contribution in [0.4, 0.5) is 5.82 Å². The molecule has 0 unspecified atom stereocenters. The first kappa shape index (κ1) is 17.8. The van der Waals surface area contributed by atoms with Gasteiger partial charge in [-0.15, -0.1) is 24.8 Å². The fraction of sp³-hybridized carbons (Fsp3) is 0.750. The van der Waals surface area contributed by atoms with E-state index >= 15 is 0 Å². The molecule has 0 amide bonds. The van der Waals surface area contributed by atoms with Crippen molar-refractivity contribution >= 4 is 30.6 Å². The molecule has 1 N–H and O–H groups in total. The molecule has 4 heterocycles. The normalized spacial score (nSPS) is 31.6. The molecule has 3 aliphatic heterocycles. The molecule has 0 aromatic carbocycles. The highest BCUT2D eigenvalue weighted by molar-refractivity contribution is 5.85. The van der Waals surface area contributed by atoms with Crippen molar-refractivity contribution in [2.24, 2.45) is 11.8 Å². The summed E-state index contributed by atoms with van der Waals surface area (Å²) in [6.07, 6.45) is 7.02. The SMILES string of the molecule is CCCc1cnc(C)nc1N1[C@@H]2CC[C@H]1[C@H]1CNC[C@H]12.Cl.Cl. The van der Waals surface area contributed by atoms with Crippen LogP contribution in [-0.4, -0.2) is 35.1 Å². The molecule has 0 spiro atoms. The van der Waals surface area contributed by atoms with Crippen LogP contribution in [0.15, 0.2) is 6.20 Å². The van der Waals surface area contributed by atoms with Crippen LogP contribution in [0.3, 0.4) is 0 Å². The summed E-state index contributed by atoms with van der Waals surface area (Å²) in [6.45, 7) is 6.66. The number of aromatic nitrogens is 2. The van der Waals surface area contributed by atoms with Gasteiger partial charge in [0.05, 0.1) is 0 Å². The predicted octanol–water partition coefficient (Wildman–Crippen LogP) is 2.77. The molecule has 0 saturated carbocycles. The molecule has 4 atom stereocenters. The summed E-state index contributed by atoms with van der Waals surface area (Å²) in [6, 6.07) is 1.43. The van der Waals surface area contributed by atoms with Gasteiger partial charge in [0.1, 0.15) is 11.6 Å². The number of aryl methyl sites for hydroxylation is 2. The van der Waals surface area contributed by atoms with E-state index < -0.39 is 0 Å². The number of nitrogens with one attached hydrogen (secondary N) is 1. The molecule has 0 radical (unpaired) electrons. The van der Waals surface area contributed by atoms with Crippen molar-refractivity contribution in [2.75, 3.05) is 18.0 Å². The Labute approximate surface area is 145 Å². The van der Waals surface area contributed by atoms with Gasteiger partial charge in [-0.1, -0.05) is 13.3 Å². The largest absolute Gasteiger partial charge is 0.350 e. The maximum Gasteiger partial charge on any atom is 0.135 e. The maximum absolute atomic E-state index is 4.84. The summed E-state index contributed by atoms with van der Waals surface area (Å²) in [4.78, 5) is 11.9. The molecule has 1 aromatic heterocycles. The zero-order valence-corrected chi connectivity index (χ0v) is 14.9. The lowest BCUT2D eigenvalue weighted by atomic mass is 9.82. The van der Waals surface area contributed by atoms with E-state index in [2.05, 4.69) is 28.3 Å². The molecule has 0 aliphatic carbocycles. The van der Waals surface area contributed by atoms with Crippen molar-refractivity contribution < 1.29 is 0 Å². The van der Waals surface area contributed by atoms with Gasteiger partial charge in [-0.3, -0.25) is 0 Å². The third-order valence-corrected chi connectivity index (χ3v) is 5.50. The summed E-state index contributed by atoms with van der Waals surface area (Å²) in [5.74, 6) is 3.85. The Kier molecular flexibility index (Phi) is 5.57. The van der Waals surface area contributed by atoms with Crippen molar-refractivity contribution in [1.29, 1.82) is 0 Å². The van der Waals surface area contributed by atoms with Gasteiger partial charge >= 0.3 is 0 Å². The second kappa shape index (κ2) is 6.90. The van der Waals surface area contributed by atoms with Gasteiger partial charge in [0.25, 0.3) is 0 Å². The van der Waals surface area contributed by atoms with Crippen molar-refractivity contribution in [3.63, 3.8) is 0 Å². The first-order valence-electron chi connectivity index (χ1n) is 8.11. The van der Waals surface area contributed by atoms with E-state index in [1.807, 2.05) is 6.92 Å². The molecule has 4 rings (SSSR count). The average molecular weight is 345 g/mol. The Balaban J connectivity index is 0.000000882. The number of rotatable bonds is 3. The summed E-state index contributed by atoms with van der Waals surface area (Å²) in [5.41, 5.74) is 1.35. The zero-order chi connectivity index (χ0) is 13.7. The van der Waals surface area contributed by atoms with E-state index in [-0.39, 0.29) is 24.8 Å². The molecule has 3 saturated heterocycles. The molecule has 22 heavy (non-hydrogen) atoms. The molecule has 1 aromatic rings. The first-order chi connectivity index (χ1) is 9.79. The topological polar surface area (TPSA) is 41.1 Å². The monoisotopic (exact) mass is 344 g/mol. The van der Waals surface area contributed by atoms with Crippen LogP contribution in [0, 0.1) is 18.8 Å². The molecule has 6 heteroatoms. The first-order valence-corrected chi connectivity index (χ1v) is 8.11. The maximum atomic E-state index is 4.84. The van der Waals surface area contributed by atoms with Crippen LogP contribution in [0.2, 0.25) is 0 Å². The van der Waals surface area contributed by atoms with Gasteiger partial charge in [-0.25, -0.2) is 9.97 Å². The number of hydrogen-bond acceptors (Lipinski definition) is 4. The third kappa shape index (κ3) is 2.59. The summed E-state index contributed by atoms with van der Waals surface area (Å²) >= 11 is 0. The fourth-order valence-electron chi connectivity index (χ4n) is 4.73. The zero-order valence-electron chi connectivity index (χ0n) is 13.3. The van der Waals surface area contributed by atoms with Gasteiger partial charge < -0.3 is 10.2 Å². The van der Waals surface area contributed by atoms with Crippen molar-refractivity contribution in [3.8, 4) is 0 Å². The minimum absolute atomic E-state index is 0. The van der Waals surface area contributed by atoms with E-state index in [0.29, 0.717) is 12.1 Å². The van der Waals surface area contributed by atoms with Crippen LogP contribution >= 0.6 is 24.8 Å². The van der Waals surface area contributed by atoms with Gasteiger partial charge in [0.2, 0.25) is 0 Å². The van der Waals surface area contributed by atoms with Crippen LogP contribution in [0.25, 0.3) is 0 Å². The second-order valence-corrected chi connectivity index (χ2v) is 6.62. The third-order valence-electron chi connectivity index (χ3n) is 5.50. The fourth-order valence-corrected chi connectivity index (χ4v) is 4.73. The second-order valence-electron chi connectivity index (χ2n) is 6.62. The Morgan fingerprint density at radius 1 is 1.18 bits per heavy atom. The van der Waals surface area contributed by atoms with Gasteiger partial charge in [0, 0.05) is 36.9 Å². The lowest BCUT2D eigenvalue weighted by Gasteiger charge is -2.28. The van der Waals surface area contributed by atoms with E-state index in [1.165, 1.54) is 37.3 Å². The Morgan fingerprint density at radius 3 is 2.41 bits per heavy atom. The van der Waals surface area contributed by atoms with Crippen LogP contribution in [0.5, 0.6) is 0 Å². The highest BCUT2D eigenvalue weighted by Crippen LogP contribution is 2.49. The molecule has 124 valence electrons. The predicted molar refractivity (Wildman–Crippen MR) is 94.4 cm³/mol. The number of hydrogen-bond donors (Lipinski definition) is 1. The minimum atomic E-state index is 0. The number of nitrogens with zero attached hydrogens (tertiary/aromatic N) is 3. The highest BCUT2D eigenvalue weighted by Gasteiger charge is 2.55. The number of anilines is 1. The average Bonchev–Trinajstić information content (AvgIpc) is 3.11. The Morgan fingerprint density at radius 2 is 1.82 bits per heavy atom. The molecular formula is C16H26Cl2N4. The molecular weight excluding hydrogens is 319 g/mol. The smallest absolute Gasteiger partial charge is 0.135 e. The van der Waals surface area contributed by atoms with Crippen LogP contribution in [0.1, 0.15) is 37.6 Å². The number of fused-ring (bicyclic) bond motifs is 5. The lowest BCUT2D eigenvalue weighted by Crippen LogP contribution is -2.35. The molecule has 2 bridgehead atoms. The van der Waals surface area contributed by atoms with Crippen LogP contribution < -0.4 is 10.2 Å². The van der Waals surface area contributed by atoms with Crippen LogP contribution in [-0.2, 0) is 6.42 Å². The standard InChI is InChI=1S/C16H24N4.2ClH/c1-3-4-11-7-18-10(2)19-16(11)20-14-5-6-15(20)13-9-17-8-12(13)14;;/h7,12-15,17H,3-6,8-9H2,1-2H3;2*1H/t12-,13+,14-,15+;;. The summed E-state index contributed by atoms with van der Waals surface area (Å²) < 4.78 is 0. The highest BCUT2D eigenvalue weighted by atomic mass is 35.5. The summed E-state index contributed by atoms with van der Waals surface area (Å²) in [5, 5.41) is 3.59. The quantitative estimate of drug-likeness (QED) is 0.915. The summed E-state index contributed by atoms with van der Waals surface area (Å²) in [7, 11) is 0. The molecule has 4 nitrogen and oxygen atoms in total. The van der Waals surface area contributed by atoms with Gasteiger partial charge in [0.15, 0.2) is 0 Å². The van der Waals surface area contributed by atoms with E-state index in [1.54, 1.807) is 0 Å². The van der Waals surface area contributed by atoms with E-state index in [4.69, 9.17) is 4.98 Å². The molecule has 3 aliphatic rings. The Hall–Kier alpha value is -0.580. The van der Waals surface area contributed by atoms with Crippen molar-refractivity contribution in [3.05, 3.63) is 17.6 Å². The number of halogens is 2. The van der Waals surface area contributed by atoms with E-state index in [9.17, 15) is 0 Å². The molecule has 3 fully saturated rings. The minimum Gasteiger partial charge on any atom is -0.350 e. The van der Waals surface area contributed by atoms with Crippen molar-refractivity contribution in [1.82, 2.24) is 15.3 Å². The van der Waals surface area contributed by atoms with Gasteiger partial charge in [-0.2, -0.15) is 0 Å². The Bertz CT molecular complexity index is 507. The van der Waals surface area contributed by atoms with Gasteiger partial charge in [-0.05, 0) is 38.0 Å². The van der Waals surface area contributed by atoms with E-state index in [0.717, 1.165) is 30.5 Å². The lowest BCUT2D eigenvalue weighted by molar-refractivity contribution is 0.354. The van der Waals surface area contributed by atoms with Crippen molar-refractivity contribution in [2.45, 2.75) is 51.6 Å².